The highest BCUT2D eigenvalue weighted by Gasteiger charge is 2.34. The highest BCUT2D eigenvalue weighted by atomic mass is 16.5. The Morgan fingerprint density at radius 3 is 1.82 bits per heavy atom. The van der Waals surface area contributed by atoms with Gasteiger partial charge in [0.05, 0.1) is 14.2 Å². The summed E-state index contributed by atoms with van der Waals surface area (Å²) in [5.41, 5.74) is 7.56. The second-order valence-electron chi connectivity index (χ2n) is 9.96. The Balaban J connectivity index is 1.26. The fraction of sp³-hybridized carbons (Fsp3) is 0.273. The first kappa shape index (κ1) is 24.4. The number of fused-ring (bicyclic) bond motifs is 4. The predicted octanol–water partition coefficient (Wildman–Crippen LogP) is 6.52. The lowest BCUT2D eigenvalue weighted by molar-refractivity contribution is 0.159. The first-order chi connectivity index (χ1) is 18.7. The molecule has 4 aromatic rings. The SMILES string of the molecule is COc1cc2c(cc1OCc1ccccc1)CN1CCc3cc(OC)c(OCc4ccccc4)cc3C1C2. The van der Waals surface area contributed by atoms with E-state index in [0.717, 1.165) is 60.1 Å². The van der Waals surface area contributed by atoms with Crippen LogP contribution in [0.1, 0.15) is 39.4 Å². The highest BCUT2D eigenvalue weighted by molar-refractivity contribution is 5.53. The van der Waals surface area contributed by atoms with Crippen molar-refractivity contribution in [3.05, 3.63) is 118 Å². The minimum Gasteiger partial charge on any atom is -0.493 e. The van der Waals surface area contributed by atoms with Crippen molar-refractivity contribution in [1.29, 1.82) is 0 Å². The number of benzene rings is 4. The Morgan fingerprint density at radius 1 is 0.658 bits per heavy atom. The van der Waals surface area contributed by atoms with Crippen LogP contribution in [0.15, 0.2) is 84.9 Å². The number of rotatable bonds is 8. The number of methoxy groups -OCH3 is 2. The van der Waals surface area contributed by atoms with Crippen molar-refractivity contribution in [2.45, 2.75) is 38.6 Å². The van der Waals surface area contributed by atoms with Gasteiger partial charge in [0.15, 0.2) is 23.0 Å². The van der Waals surface area contributed by atoms with Gasteiger partial charge in [0.2, 0.25) is 0 Å². The standard InChI is InChI=1S/C33H33NO4/c1-35-30-16-25-13-14-34-20-27-18-32(37-21-23-9-5-3-6-10-23)31(36-2)17-26(27)15-29(34)28(25)19-33(30)38-22-24-11-7-4-8-12-24/h3-12,16-19,29H,13-15,20-22H2,1-2H3. The summed E-state index contributed by atoms with van der Waals surface area (Å²) in [7, 11) is 3.43. The summed E-state index contributed by atoms with van der Waals surface area (Å²) < 4.78 is 23.9. The minimum absolute atomic E-state index is 0.289. The van der Waals surface area contributed by atoms with Gasteiger partial charge in [0, 0.05) is 19.1 Å². The third-order valence-corrected chi connectivity index (χ3v) is 7.64. The quantitative estimate of drug-likeness (QED) is 0.272. The molecule has 0 radical (unpaired) electrons. The molecule has 2 aliphatic rings. The fourth-order valence-corrected chi connectivity index (χ4v) is 5.61. The van der Waals surface area contributed by atoms with Gasteiger partial charge in [0.1, 0.15) is 13.2 Å². The highest BCUT2D eigenvalue weighted by Crippen LogP contribution is 2.44. The van der Waals surface area contributed by atoms with Crippen molar-refractivity contribution in [3.63, 3.8) is 0 Å². The molecule has 38 heavy (non-hydrogen) atoms. The molecule has 0 N–H and O–H groups in total. The topological polar surface area (TPSA) is 40.2 Å². The van der Waals surface area contributed by atoms with E-state index in [4.69, 9.17) is 18.9 Å². The molecular weight excluding hydrogens is 474 g/mol. The average Bonchev–Trinajstić information content (AvgIpc) is 2.98. The third kappa shape index (κ3) is 4.94. The van der Waals surface area contributed by atoms with E-state index in [9.17, 15) is 0 Å². The molecule has 0 saturated heterocycles. The van der Waals surface area contributed by atoms with Gasteiger partial charge in [-0.15, -0.1) is 0 Å². The summed E-state index contributed by atoms with van der Waals surface area (Å²) >= 11 is 0. The molecule has 194 valence electrons. The van der Waals surface area contributed by atoms with Gasteiger partial charge < -0.3 is 18.9 Å². The van der Waals surface area contributed by atoms with Crippen LogP contribution in [0.3, 0.4) is 0 Å². The maximum absolute atomic E-state index is 6.26. The van der Waals surface area contributed by atoms with Crippen LogP contribution >= 0.6 is 0 Å². The number of hydrogen-bond donors (Lipinski definition) is 0. The molecule has 5 heteroatoms. The first-order valence-electron chi connectivity index (χ1n) is 13.2. The normalized spacial score (nSPS) is 16.1. The van der Waals surface area contributed by atoms with Gasteiger partial charge in [-0.1, -0.05) is 60.7 Å². The lowest BCUT2D eigenvalue weighted by Gasteiger charge is -2.42. The molecule has 0 amide bonds. The van der Waals surface area contributed by atoms with Crippen molar-refractivity contribution in [3.8, 4) is 23.0 Å². The van der Waals surface area contributed by atoms with Crippen molar-refractivity contribution in [2.24, 2.45) is 0 Å². The number of ether oxygens (including phenoxy) is 4. The molecule has 1 atom stereocenters. The molecule has 2 heterocycles. The van der Waals surface area contributed by atoms with Crippen molar-refractivity contribution in [2.75, 3.05) is 20.8 Å². The zero-order valence-corrected chi connectivity index (χ0v) is 22.0. The molecule has 4 aromatic carbocycles. The van der Waals surface area contributed by atoms with Crippen LogP contribution in [0, 0.1) is 0 Å². The largest absolute Gasteiger partial charge is 0.493 e. The van der Waals surface area contributed by atoms with Crippen molar-refractivity contribution in [1.82, 2.24) is 4.90 Å². The maximum atomic E-state index is 6.26. The average molecular weight is 508 g/mol. The van der Waals surface area contributed by atoms with E-state index in [1.807, 2.05) is 36.4 Å². The molecule has 2 aliphatic heterocycles. The predicted molar refractivity (Wildman–Crippen MR) is 148 cm³/mol. The molecule has 0 bridgehead atoms. The Bertz CT molecular complexity index is 1400. The fourth-order valence-electron chi connectivity index (χ4n) is 5.61. The minimum atomic E-state index is 0.289. The zero-order valence-electron chi connectivity index (χ0n) is 22.0. The number of nitrogens with zero attached hydrogens (tertiary/aromatic N) is 1. The second kappa shape index (κ2) is 10.8. The molecule has 0 saturated carbocycles. The summed E-state index contributed by atoms with van der Waals surface area (Å²) in [4.78, 5) is 2.57. The van der Waals surface area contributed by atoms with Gasteiger partial charge in [0.25, 0.3) is 0 Å². The molecule has 6 rings (SSSR count). The summed E-state index contributed by atoms with van der Waals surface area (Å²) in [6.45, 7) is 2.92. The summed E-state index contributed by atoms with van der Waals surface area (Å²) in [6.07, 6.45) is 1.91. The smallest absolute Gasteiger partial charge is 0.162 e. The number of hydrogen-bond acceptors (Lipinski definition) is 5. The van der Waals surface area contributed by atoms with Gasteiger partial charge in [-0.25, -0.2) is 0 Å². The van der Waals surface area contributed by atoms with Crippen molar-refractivity contribution >= 4 is 0 Å². The van der Waals surface area contributed by atoms with E-state index in [1.165, 1.54) is 22.3 Å². The monoisotopic (exact) mass is 507 g/mol. The van der Waals surface area contributed by atoms with E-state index in [0.29, 0.717) is 13.2 Å². The van der Waals surface area contributed by atoms with Gasteiger partial charge >= 0.3 is 0 Å². The molecular formula is C33H33NO4. The summed E-state index contributed by atoms with van der Waals surface area (Å²) in [6, 6.07) is 29.5. The van der Waals surface area contributed by atoms with Crippen molar-refractivity contribution < 1.29 is 18.9 Å². The van der Waals surface area contributed by atoms with Gasteiger partial charge in [-0.05, 0) is 70.5 Å². The van der Waals surface area contributed by atoms with Gasteiger partial charge in [-0.2, -0.15) is 0 Å². The van der Waals surface area contributed by atoms with E-state index in [-0.39, 0.29) is 6.04 Å². The van der Waals surface area contributed by atoms with E-state index < -0.39 is 0 Å². The first-order valence-corrected chi connectivity index (χ1v) is 13.2. The van der Waals surface area contributed by atoms with Crippen LogP contribution in [0.4, 0.5) is 0 Å². The second-order valence-corrected chi connectivity index (χ2v) is 9.96. The lowest BCUT2D eigenvalue weighted by atomic mass is 9.83. The Morgan fingerprint density at radius 2 is 1.21 bits per heavy atom. The van der Waals surface area contributed by atoms with Crippen LogP contribution < -0.4 is 18.9 Å². The van der Waals surface area contributed by atoms with Crippen LogP contribution in [0.2, 0.25) is 0 Å². The Labute approximate surface area is 224 Å². The maximum Gasteiger partial charge on any atom is 0.162 e. The third-order valence-electron chi connectivity index (χ3n) is 7.64. The summed E-state index contributed by atoms with van der Waals surface area (Å²) in [5, 5.41) is 0. The van der Waals surface area contributed by atoms with Crippen LogP contribution in [-0.4, -0.2) is 25.7 Å². The van der Waals surface area contributed by atoms with Crippen LogP contribution in [0.25, 0.3) is 0 Å². The van der Waals surface area contributed by atoms with E-state index in [2.05, 4.69) is 53.4 Å². The van der Waals surface area contributed by atoms with Gasteiger partial charge in [-0.3, -0.25) is 4.90 Å². The van der Waals surface area contributed by atoms with E-state index >= 15 is 0 Å². The zero-order chi connectivity index (χ0) is 25.9. The van der Waals surface area contributed by atoms with E-state index in [1.54, 1.807) is 14.2 Å². The molecule has 0 aromatic heterocycles. The molecule has 0 aliphatic carbocycles. The summed E-state index contributed by atoms with van der Waals surface area (Å²) in [5.74, 6) is 3.18. The molecule has 0 spiro atoms. The molecule has 1 unspecified atom stereocenters. The molecule has 5 nitrogen and oxygen atoms in total. The molecule has 0 fully saturated rings. The Kier molecular flexibility index (Phi) is 6.93. The van der Waals surface area contributed by atoms with Crippen LogP contribution in [-0.2, 0) is 32.6 Å². The lowest BCUT2D eigenvalue weighted by Crippen LogP contribution is -2.39. The van der Waals surface area contributed by atoms with Crippen LogP contribution in [0.5, 0.6) is 23.0 Å². The Hall–Kier alpha value is -3.96.